The Morgan fingerprint density at radius 3 is 2.60 bits per heavy atom. The van der Waals surface area contributed by atoms with Gasteiger partial charge in [0.05, 0.1) is 17.4 Å². The Kier molecular flexibility index (Phi) is 7.19. The van der Waals surface area contributed by atoms with E-state index in [1.54, 1.807) is 4.57 Å². The van der Waals surface area contributed by atoms with E-state index in [1.165, 1.54) is 49.4 Å². The van der Waals surface area contributed by atoms with Crippen LogP contribution < -0.4 is 11.1 Å². The van der Waals surface area contributed by atoms with Crippen molar-refractivity contribution in [3.8, 4) is 11.5 Å². The third kappa shape index (κ3) is 5.05. The minimum Gasteiger partial charge on any atom is -0.504 e. The Morgan fingerprint density at radius 1 is 1.24 bits per heavy atom. The molecule has 42 heavy (non-hydrogen) atoms. The molecular weight excluding hydrogens is 594 g/mol. The van der Waals surface area contributed by atoms with Gasteiger partial charge in [0.25, 0.3) is 11.8 Å². The maximum atomic E-state index is 13.2. The number of oxime groups is 1. The standard InChI is InChI=1S/C24H23N7O9S2/c1-24(2,22(38)39)40-29-15(11-7-42-23(25)27-11)18(34)28-16-19(35)31-17(21(36)37)9(6-41-20(16)31)5-30-8-26-10-3-13(32)14(33)4-12(10)30/h3-4,7-8,16,20,32-33H,5-6H2,1-2H3,(H2,25,27)(H,28,34)(H,36,37)(H,38,39)/b29-15-/t16?,20-/m1/s1. The van der Waals surface area contributed by atoms with Gasteiger partial charge in [-0.2, -0.15) is 0 Å². The van der Waals surface area contributed by atoms with Gasteiger partial charge in [0, 0.05) is 29.8 Å². The highest BCUT2D eigenvalue weighted by atomic mass is 32.2. The van der Waals surface area contributed by atoms with Crippen molar-refractivity contribution in [2.75, 3.05) is 11.5 Å². The first-order valence-corrected chi connectivity index (χ1v) is 14.0. The number of phenolic OH excluding ortho intramolecular Hbond substituents is 2. The van der Waals surface area contributed by atoms with Crippen LogP contribution in [0.15, 0.2) is 40.3 Å². The van der Waals surface area contributed by atoms with E-state index in [2.05, 4.69) is 20.4 Å². The fourth-order valence-corrected chi connectivity index (χ4v) is 6.11. The monoisotopic (exact) mass is 617 g/mol. The normalized spacial score (nSPS) is 19.0. The van der Waals surface area contributed by atoms with Crippen molar-refractivity contribution in [1.29, 1.82) is 0 Å². The highest BCUT2D eigenvalue weighted by Crippen LogP contribution is 2.41. The number of carbonyl (C=O) groups excluding carboxylic acids is 2. The number of nitrogens with one attached hydrogen (secondary N) is 1. The van der Waals surface area contributed by atoms with Crippen LogP contribution in [0.3, 0.4) is 0 Å². The molecule has 1 fully saturated rings. The molecule has 0 saturated carbocycles. The molecule has 7 N–H and O–H groups in total. The molecule has 1 aromatic carbocycles. The molecule has 1 saturated heterocycles. The second-order valence-electron chi connectivity index (χ2n) is 9.74. The van der Waals surface area contributed by atoms with Crippen molar-refractivity contribution in [2.45, 2.75) is 37.4 Å². The van der Waals surface area contributed by atoms with Gasteiger partial charge in [0.2, 0.25) is 5.60 Å². The number of amides is 2. The number of nitrogens with zero attached hydrogens (tertiary/aromatic N) is 5. The molecule has 0 spiro atoms. The molecule has 0 aliphatic carbocycles. The molecule has 220 valence electrons. The molecule has 16 nitrogen and oxygen atoms in total. The van der Waals surface area contributed by atoms with E-state index in [1.807, 2.05) is 0 Å². The summed E-state index contributed by atoms with van der Waals surface area (Å²) in [5.74, 6) is -4.80. The largest absolute Gasteiger partial charge is 0.504 e. The average Bonchev–Trinajstić information content (AvgIpc) is 3.52. The number of aromatic nitrogens is 3. The summed E-state index contributed by atoms with van der Waals surface area (Å²) in [4.78, 5) is 64.5. The van der Waals surface area contributed by atoms with E-state index in [4.69, 9.17) is 10.6 Å². The molecule has 0 bridgehead atoms. The molecule has 18 heteroatoms. The number of nitrogens with two attached hydrogens (primary N) is 1. The molecule has 5 rings (SSSR count). The number of hydrogen-bond acceptors (Lipinski definition) is 13. The Balaban J connectivity index is 1.38. The third-order valence-corrected chi connectivity index (χ3v) is 8.49. The predicted octanol–water partition coefficient (Wildman–Crippen LogP) is 0.509. The van der Waals surface area contributed by atoms with Crippen molar-refractivity contribution in [2.24, 2.45) is 5.16 Å². The Labute approximate surface area is 244 Å². The number of carbonyl (C=O) groups is 4. The van der Waals surface area contributed by atoms with Crippen LogP contribution in [-0.4, -0.2) is 92.1 Å². The molecule has 2 aromatic heterocycles. The lowest BCUT2D eigenvalue weighted by molar-refractivity contribution is -0.161. The first-order chi connectivity index (χ1) is 19.8. The zero-order valence-corrected chi connectivity index (χ0v) is 23.5. The number of imidazole rings is 1. The van der Waals surface area contributed by atoms with E-state index in [-0.39, 0.29) is 40.3 Å². The minimum atomic E-state index is -1.79. The Morgan fingerprint density at radius 2 is 1.95 bits per heavy atom. The zero-order chi connectivity index (χ0) is 30.5. The molecular formula is C24H23N7O9S2. The van der Waals surface area contributed by atoms with Crippen molar-refractivity contribution >= 4 is 68.7 Å². The maximum Gasteiger partial charge on any atom is 0.352 e. The lowest BCUT2D eigenvalue weighted by Crippen LogP contribution is -2.71. The van der Waals surface area contributed by atoms with Crippen LogP contribution in [0.5, 0.6) is 11.5 Å². The number of thiazole rings is 1. The van der Waals surface area contributed by atoms with Gasteiger partial charge in [-0.3, -0.25) is 14.5 Å². The summed E-state index contributed by atoms with van der Waals surface area (Å²) in [7, 11) is 0. The van der Waals surface area contributed by atoms with E-state index >= 15 is 0 Å². The minimum absolute atomic E-state index is 0.00330. The topological polar surface area (TPSA) is 243 Å². The summed E-state index contributed by atoms with van der Waals surface area (Å²) in [5.41, 5.74) is 4.43. The number of rotatable bonds is 9. The van der Waals surface area contributed by atoms with Gasteiger partial charge < -0.3 is 40.9 Å². The van der Waals surface area contributed by atoms with Crippen LogP contribution in [0.2, 0.25) is 0 Å². The van der Waals surface area contributed by atoms with Crippen molar-refractivity contribution in [3.63, 3.8) is 0 Å². The van der Waals surface area contributed by atoms with Crippen LogP contribution in [0.1, 0.15) is 19.5 Å². The molecule has 3 aromatic rings. The van der Waals surface area contributed by atoms with Crippen LogP contribution >= 0.6 is 23.1 Å². The van der Waals surface area contributed by atoms with Crippen molar-refractivity contribution in [1.82, 2.24) is 24.8 Å². The first kappa shape index (κ1) is 28.7. The lowest BCUT2D eigenvalue weighted by Gasteiger charge is -2.49. The van der Waals surface area contributed by atoms with E-state index in [0.717, 1.165) is 16.2 Å². The number of aliphatic carboxylic acids is 2. The number of carboxylic acid groups (broad SMARTS) is 2. The van der Waals surface area contributed by atoms with Crippen molar-refractivity contribution < 1.29 is 44.4 Å². The summed E-state index contributed by atoms with van der Waals surface area (Å²) in [6, 6.07) is 1.45. The molecule has 2 aliphatic heterocycles. The maximum absolute atomic E-state index is 13.2. The number of hydrogen-bond donors (Lipinski definition) is 6. The Hall–Kier alpha value is -4.84. The highest BCUT2D eigenvalue weighted by Gasteiger charge is 2.54. The summed E-state index contributed by atoms with van der Waals surface area (Å²) in [5, 5.41) is 46.0. The number of phenols is 2. The van der Waals surface area contributed by atoms with E-state index < -0.39 is 46.5 Å². The fourth-order valence-electron chi connectivity index (χ4n) is 4.23. The number of thioether (sulfide) groups is 1. The molecule has 2 aliphatic rings. The molecule has 4 heterocycles. The van der Waals surface area contributed by atoms with Gasteiger partial charge in [-0.05, 0) is 19.4 Å². The lowest BCUT2D eigenvalue weighted by atomic mass is 10.0. The number of β-lactam (4-membered cyclic amide) rings is 1. The number of fused-ring (bicyclic) bond motifs is 2. The van der Waals surface area contributed by atoms with Gasteiger partial charge in [-0.25, -0.2) is 19.6 Å². The van der Waals surface area contributed by atoms with E-state index in [9.17, 15) is 39.6 Å². The highest BCUT2D eigenvalue weighted by molar-refractivity contribution is 8.00. The van der Waals surface area contributed by atoms with Gasteiger partial charge in [-0.1, -0.05) is 5.16 Å². The first-order valence-electron chi connectivity index (χ1n) is 12.1. The molecule has 1 unspecified atom stereocenters. The summed E-state index contributed by atoms with van der Waals surface area (Å²) in [6.45, 7) is 2.49. The Bertz CT molecular complexity index is 1710. The molecule has 2 amide bonds. The number of nitrogen functional groups attached to an aromatic ring is 1. The third-order valence-electron chi connectivity index (χ3n) is 6.47. The van der Waals surface area contributed by atoms with Crippen LogP contribution in [-0.2, 0) is 30.6 Å². The zero-order valence-electron chi connectivity index (χ0n) is 21.8. The molecule has 0 radical (unpaired) electrons. The average molecular weight is 618 g/mol. The van der Waals surface area contributed by atoms with Crippen molar-refractivity contribution in [3.05, 3.63) is 40.8 Å². The number of benzene rings is 1. The van der Waals surface area contributed by atoms with Crippen LogP contribution in [0, 0.1) is 0 Å². The second kappa shape index (κ2) is 10.5. The summed E-state index contributed by atoms with van der Waals surface area (Å²) in [6.07, 6.45) is 1.42. The summed E-state index contributed by atoms with van der Waals surface area (Å²) >= 11 is 2.23. The fraction of sp³-hybridized carbons (Fsp3) is 0.292. The number of carboxylic acids is 2. The van der Waals surface area contributed by atoms with Crippen LogP contribution in [0.25, 0.3) is 11.0 Å². The van der Waals surface area contributed by atoms with E-state index in [0.29, 0.717) is 16.6 Å². The van der Waals surface area contributed by atoms with Gasteiger partial charge in [-0.15, -0.1) is 23.1 Å². The smallest absolute Gasteiger partial charge is 0.352 e. The van der Waals surface area contributed by atoms with Gasteiger partial charge in [0.1, 0.15) is 22.8 Å². The number of aromatic hydroxyl groups is 2. The van der Waals surface area contributed by atoms with Crippen LogP contribution in [0.4, 0.5) is 5.13 Å². The SMILES string of the molecule is CC(C)(O/N=C(\C(=O)NC1C(=O)N2C(C(=O)O)=C(Cn3cnc4cc(O)c(O)cc43)CS[C@H]12)c1csc(N)n1)C(=O)O. The predicted molar refractivity (Wildman–Crippen MR) is 149 cm³/mol. The van der Waals surface area contributed by atoms with Gasteiger partial charge in [0.15, 0.2) is 22.3 Å². The summed E-state index contributed by atoms with van der Waals surface area (Å²) < 4.78 is 1.58. The van der Waals surface area contributed by atoms with Gasteiger partial charge >= 0.3 is 11.9 Å². The number of anilines is 1. The molecule has 2 atom stereocenters. The second-order valence-corrected chi connectivity index (χ2v) is 11.7. The quantitative estimate of drug-likeness (QED) is 0.0831.